The van der Waals surface area contributed by atoms with Gasteiger partial charge in [0, 0.05) is 32.4 Å². The Hall–Kier alpha value is -2.72. The van der Waals surface area contributed by atoms with Crippen molar-refractivity contribution in [3.63, 3.8) is 0 Å². The van der Waals surface area contributed by atoms with Crippen LogP contribution in [0.1, 0.15) is 0 Å². The summed E-state index contributed by atoms with van der Waals surface area (Å²) in [6.07, 6.45) is 1.18. The minimum atomic E-state index is -3.27. The van der Waals surface area contributed by atoms with E-state index in [1.807, 2.05) is 0 Å². The average molecular weight is 450 g/mol. The molecular weight excluding hydrogens is 429 g/mol. The Kier molecular flexibility index (Phi) is 5.61. The van der Waals surface area contributed by atoms with Crippen LogP contribution in [0.2, 0.25) is 0 Å². The zero-order valence-corrected chi connectivity index (χ0v) is 17.9. The molecule has 0 N–H and O–H groups in total. The Morgan fingerprint density at radius 1 is 1.17 bits per heavy atom. The van der Waals surface area contributed by atoms with E-state index in [1.54, 1.807) is 35.2 Å². The number of aromatic nitrogens is 1. The number of thiazole rings is 1. The van der Waals surface area contributed by atoms with Crippen molar-refractivity contribution in [2.75, 3.05) is 43.9 Å². The van der Waals surface area contributed by atoms with Gasteiger partial charge in [-0.2, -0.15) is 0 Å². The van der Waals surface area contributed by atoms with Crippen molar-refractivity contribution >= 4 is 42.4 Å². The smallest absolute Gasteiger partial charge is 0.260 e. The third kappa shape index (κ3) is 4.39. The number of piperazine rings is 1. The van der Waals surface area contributed by atoms with Crippen LogP contribution < -0.4 is 9.64 Å². The number of benzene rings is 2. The van der Waals surface area contributed by atoms with E-state index in [0.717, 1.165) is 15.3 Å². The Morgan fingerprint density at radius 2 is 1.90 bits per heavy atom. The zero-order valence-electron chi connectivity index (χ0n) is 16.2. The largest absolute Gasteiger partial charge is 0.481 e. The van der Waals surface area contributed by atoms with Crippen molar-refractivity contribution in [2.24, 2.45) is 0 Å². The second-order valence-corrected chi connectivity index (χ2v) is 10.0. The van der Waals surface area contributed by atoms with Gasteiger partial charge >= 0.3 is 0 Å². The van der Waals surface area contributed by atoms with Crippen LogP contribution in [0, 0.1) is 5.82 Å². The number of amides is 1. The highest BCUT2D eigenvalue weighted by atomic mass is 32.2. The number of halogens is 1. The highest BCUT2D eigenvalue weighted by Gasteiger charge is 2.24. The zero-order chi connectivity index (χ0) is 21.3. The molecule has 1 aliphatic heterocycles. The maximum absolute atomic E-state index is 13.6. The van der Waals surface area contributed by atoms with Gasteiger partial charge in [-0.3, -0.25) is 4.79 Å². The number of para-hydroxylation sites is 1. The lowest BCUT2D eigenvalue weighted by Gasteiger charge is -2.34. The number of hydrogen-bond acceptors (Lipinski definition) is 7. The molecule has 0 saturated carbocycles. The minimum Gasteiger partial charge on any atom is -0.481 e. The van der Waals surface area contributed by atoms with E-state index in [9.17, 15) is 17.6 Å². The van der Waals surface area contributed by atoms with Gasteiger partial charge in [-0.1, -0.05) is 23.5 Å². The summed E-state index contributed by atoms with van der Waals surface area (Å²) in [6.45, 7) is 2.00. The number of nitrogens with zero attached hydrogens (tertiary/aromatic N) is 3. The van der Waals surface area contributed by atoms with E-state index in [4.69, 9.17) is 4.74 Å². The van der Waals surface area contributed by atoms with Crippen molar-refractivity contribution in [2.45, 2.75) is 4.90 Å². The maximum atomic E-state index is 13.6. The number of ether oxygens (including phenoxy) is 1. The topological polar surface area (TPSA) is 79.8 Å². The molecule has 4 rings (SSSR count). The predicted octanol–water partition coefficient (Wildman–Crippen LogP) is 2.57. The van der Waals surface area contributed by atoms with Crippen LogP contribution in [0.25, 0.3) is 10.2 Å². The molecule has 7 nitrogen and oxygen atoms in total. The first-order chi connectivity index (χ1) is 14.3. The summed E-state index contributed by atoms with van der Waals surface area (Å²) in [5, 5.41) is 0.797. The van der Waals surface area contributed by atoms with E-state index in [0.29, 0.717) is 26.2 Å². The number of anilines is 1. The van der Waals surface area contributed by atoms with Crippen molar-refractivity contribution in [3.8, 4) is 5.75 Å². The lowest BCUT2D eigenvalue weighted by Crippen LogP contribution is -2.50. The number of rotatable bonds is 5. The third-order valence-corrected chi connectivity index (χ3v) is 7.06. The van der Waals surface area contributed by atoms with Gasteiger partial charge in [-0.15, -0.1) is 0 Å². The summed E-state index contributed by atoms with van der Waals surface area (Å²) in [7, 11) is -3.27. The lowest BCUT2D eigenvalue weighted by molar-refractivity contribution is -0.133. The Labute approximate surface area is 177 Å². The molecule has 0 radical (unpaired) electrons. The van der Waals surface area contributed by atoms with Crippen LogP contribution in [0.5, 0.6) is 5.75 Å². The highest BCUT2D eigenvalue weighted by molar-refractivity contribution is 7.90. The molecule has 2 aromatic carbocycles. The fraction of sp³-hybridized carbons (Fsp3) is 0.300. The minimum absolute atomic E-state index is 0.0624. The monoisotopic (exact) mass is 449 g/mol. The maximum Gasteiger partial charge on any atom is 0.260 e. The summed E-state index contributed by atoms with van der Waals surface area (Å²) >= 11 is 1.43. The molecule has 158 valence electrons. The molecule has 1 amide bonds. The predicted molar refractivity (Wildman–Crippen MR) is 113 cm³/mol. The van der Waals surface area contributed by atoms with Gasteiger partial charge < -0.3 is 14.5 Å². The summed E-state index contributed by atoms with van der Waals surface area (Å²) in [4.78, 5) is 21.0. The molecule has 30 heavy (non-hydrogen) atoms. The number of carbonyl (C=O) groups excluding carboxylic acids is 1. The number of carbonyl (C=O) groups is 1. The van der Waals surface area contributed by atoms with Crippen LogP contribution in [0.4, 0.5) is 9.52 Å². The van der Waals surface area contributed by atoms with Crippen molar-refractivity contribution in [3.05, 3.63) is 48.3 Å². The fourth-order valence-electron chi connectivity index (χ4n) is 3.20. The van der Waals surface area contributed by atoms with Gasteiger partial charge in [0.05, 0.1) is 15.1 Å². The molecule has 1 saturated heterocycles. The molecule has 1 aromatic heterocycles. The van der Waals surface area contributed by atoms with Gasteiger partial charge in [0.15, 0.2) is 33.1 Å². The van der Waals surface area contributed by atoms with Crippen LogP contribution >= 0.6 is 11.3 Å². The van der Waals surface area contributed by atoms with Crippen LogP contribution in [-0.2, 0) is 14.6 Å². The van der Waals surface area contributed by atoms with Gasteiger partial charge in [-0.25, -0.2) is 17.8 Å². The first-order valence-corrected chi connectivity index (χ1v) is 12.0. The molecule has 3 aromatic rings. The number of sulfone groups is 1. The lowest BCUT2D eigenvalue weighted by atomic mass is 10.3. The van der Waals surface area contributed by atoms with Crippen molar-refractivity contribution < 1.29 is 22.3 Å². The summed E-state index contributed by atoms with van der Waals surface area (Å²) in [5.74, 6) is -0.627. The molecule has 0 spiro atoms. The molecule has 10 heteroatoms. The summed E-state index contributed by atoms with van der Waals surface area (Å²) in [5.41, 5.74) is 0.749. The van der Waals surface area contributed by atoms with Gasteiger partial charge in [-0.05, 0) is 30.3 Å². The summed E-state index contributed by atoms with van der Waals surface area (Å²) in [6, 6.07) is 10.9. The van der Waals surface area contributed by atoms with Crippen LogP contribution in [0.3, 0.4) is 0 Å². The first-order valence-electron chi connectivity index (χ1n) is 9.32. The van der Waals surface area contributed by atoms with E-state index < -0.39 is 15.7 Å². The quantitative estimate of drug-likeness (QED) is 0.596. The Balaban J connectivity index is 1.37. The normalized spacial score (nSPS) is 14.9. The molecule has 0 atom stereocenters. The highest BCUT2D eigenvalue weighted by Crippen LogP contribution is 2.31. The Morgan fingerprint density at radius 3 is 2.60 bits per heavy atom. The number of fused-ring (bicyclic) bond motifs is 1. The first kappa shape index (κ1) is 20.5. The summed E-state index contributed by atoms with van der Waals surface area (Å²) < 4.78 is 43.2. The molecule has 1 aliphatic rings. The second-order valence-electron chi connectivity index (χ2n) is 6.99. The molecule has 0 aliphatic carbocycles. The van der Waals surface area contributed by atoms with Crippen LogP contribution in [0.15, 0.2) is 47.4 Å². The average Bonchev–Trinajstić information content (AvgIpc) is 3.16. The van der Waals surface area contributed by atoms with Gasteiger partial charge in [0.25, 0.3) is 5.91 Å². The van der Waals surface area contributed by atoms with E-state index in [-0.39, 0.29) is 23.2 Å². The molecule has 0 bridgehead atoms. The van der Waals surface area contributed by atoms with Crippen molar-refractivity contribution in [1.82, 2.24) is 9.88 Å². The Bertz CT molecular complexity index is 1190. The fourth-order valence-corrected chi connectivity index (χ4v) is 4.98. The molecule has 1 fully saturated rings. The van der Waals surface area contributed by atoms with E-state index in [2.05, 4.69) is 9.88 Å². The molecule has 2 heterocycles. The van der Waals surface area contributed by atoms with Crippen LogP contribution in [-0.4, -0.2) is 63.3 Å². The van der Waals surface area contributed by atoms with Gasteiger partial charge in [0.2, 0.25) is 0 Å². The van der Waals surface area contributed by atoms with E-state index >= 15 is 0 Å². The van der Waals surface area contributed by atoms with E-state index in [1.165, 1.54) is 29.7 Å². The standard InChI is InChI=1S/C20H20FN3O4S2/c1-30(26,27)14-6-7-16-18(12-14)29-20(22-16)24-10-8-23(9-11-24)19(25)13-28-17-5-3-2-4-15(17)21/h2-7,12H,8-11,13H2,1H3. The van der Waals surface area contributed by atoms with Crippen molar-refractivity contribution in [1.29, 1.82) is 0 Å². The second kappa shape index (κ2) is 8.19. The van der Waals surface area contributed by atoms with Gasteiger partial charge in [0.1, 0.15) is 0 Å². The SMILES string of the molecule is CS(=O)(=O)c1ccc2nc(N3CCN(C(=O)COc4ccccc4F)CC3)sc2c1. The molecular formula is C20H20FN3O4S2. The molecule has 0 unspecified atom stereocenters. The number of hydrogen-bond donors (Lipinski definition) is 0. The third-order valence-electron chi connectivity index (χ3n) is 4.87.